The van der Waals surface area contributed by atoms with Gasteiger partial charge in [0.05, 0.1) is 0 Å². The molecule has 0 N–H and O–H groups in total. The molecular weight excluding hydrogens is 228 g/mol. The zero-order valence-corrected chi connectivity index (χ0v) is 13.7. The molecule has 0 aliphatic carbocycles. The maximum absolute atomic E-state index is 5.44. The van der Waals surface area contributed by atoms with E-state index in [0.717, 1.165) is 26.4 Å². The molecule has 17 heavy (non-hydrogen) atoms. The van der Waals surface area contributed by atoms with Crippen molar-refractivity contribution in [1.29, 1.82) is 0 Å². The first kappa shape index (κ1) is 17.1. The average Bonchev–Trinajstić information content (AvgIpc) is 2.25. The van der Waals surface area contributed by atoms with Crippen LogP contribution in [0.2, 0.25) is 17.1 Å². The van der Waals surface area contributed by atoms with Crippen LogP contribution in [-0.4, -0.2) is 35.2 Å². The van der Waals surface area contributed by atoms with Gasteiger partial charge in [0.15, 0.2) is 0 Å². The Labute approximate surface area is 110 Å². The van der Waals surface area contributed by atoms with Crippen LogP contribution in [0.1, 0.15) is 47.5 Å². The van der Waals surface area contributed by atoms with Crippen LogP contribution in [0, 0.1) is 0 Å². The number of ether oxygens (including phenoxy) is 2. The van der Waals surface area contributed by atoms with Crippen LogP contribution in [-0.2, 0) is 9.47 Å². The lowest BCUT2D eigenvalue weighted by atomic mass is 10.2. The van der Waals surface area contributed by atoms with Gasteiger partial charge in [0.2, 0.25) is 0 Å². The fourth-order valence-electron chi connectivity index (χ4n) is 2.16. The predicted octanol–water partition coefficient (Wildman–Crippen LogP) is 3.87. The molecule has 0 aliphatic heterocycles. The standard InChI is InChI=1S/C14H32O2Si/c1-6-15-10-8-12-17(14(3,4)5)13-9-11-16-7-2/h17H,6-13H2,1-5H3. The Bertz CT molecular complexity index is 154. The minimum atomic E-state index is -0.667. The molecule has 0 rings (SSSR count). The van der Waals surface area contributed by atoms with Crippen LogP contribution in [0.5, 0.6) is 0 Å². The molecule has 0 fully saturated rings. The minimum Gasteiger partial charge on any atom is -0.382 e. The molecule has 0 spiro atoms. The van der Waals surface area contributed by atoms with Gasteiger partial charge in [-0.1, -0.05) is 32.9 Å². The molecule has 0 atom stereocenters. The monoisotopic (exact) mass is 260 g/mol. The van der Waals surface area contributed by atoms with Gasteiger partial charge in [0, 0.05) is 35.2 Å². The summed E-state index contributed by atoms with van der Waals surface area (Å²) in [6.45, 7) is 15.0. The number of hydrogen-bond acceptors (Lipinski definition) is 2. The Morgan fingerprint density at radius 1 is 0.824 bits per heavy atom. The van der Waals surface area contributed by atoms with E-state index in [1.807, 2.05) is 0 Å². The molecule has 0 aromatic rings. The quantitative estimate of drug-likeness (QED) is 0.438. The highest BCUT2D eigenvalue weighted by atomic mass is 28.3. The average molecular weight is 260 g/mol. The molecule has 0 bridgehead atoms. The largest absolute Gasteiger partial charge is 0.382 e. The summed E-state index contributed by atoms with van der Waals surface area (Å²) in [4.78, 5) is 0. The maximum Gasteiger partial charge on any atom is 0.0463 e. The lowest BCUT2D eigenvalue weighted by Gasteiger charge is -2.29. The second kappa shape index (κ2) is 10.1. The molecule has 0 amide bonds. The molecule has 0 heterocycles. The zero-order valence-electron chi connectivity index (χ0n) is 12.6. The fraction of sp³-hybridized carbons (Fsp3) is 1.00. The molecule has 3 heteroatoms. The Morgan fingerprint density at radius 2 is 1.24 bits per heavy atom. The summed E-state index contributed by atoms with van der Waals surface area (Å²) < 4.78 is 10.9. The van der Waals surface area contributed by atoms with E-state index in [0.29, 0.717) is 5.04 Å². The molecule has 0 saturated heterocycles. The Balaban J connectivity index is 3.81. The van der Waals surface area contributed by atoms with E-state index in [1.54, 1.807) is 0 Å². The van der Waals surface area contributed by atoms with Crippen molar-refractivity contribution in [2.45, 2.75) is 64.6 Å². The van der Waals surface area contributed by atoms with Gasteiger partial charge >= 0.3 is 0 Å². The minimum absolute atomic E-state index is 0.540. The van der Waals surface area contributed by atoms with E-state index < -0.39 is 8.80 Å². The first-order valence-electron chi connectivity index (χ1n) is 7.17. The summed E-state index contributed by atoms with van der Waals surface area (Å²) in [7, 11) is -0.667. The summed E-state index contributed by atoms with van der Waals surface area (Å²) >= 11 is 0. The smallest absolute Gasteiger partial charge is 0.0463 e. The van der Waals surface area contributed by atoms with Crippen molar-refractivity contribution in [3.05, 3.63) is 0 Å². The number of hydrogen-bond donors (Lipinski definition) is 0. The summed E-state index contributed by atoms with van der Waals surface area (Å²) in [5.41, 5.74) is 0. The molecular formula is C14H32O2Si. The van der Waals surface area contributed by atoms with Crippen molar-refractivity contribution < 1.29 is 9.47 Å². The SMILES string of the molecule is CCOCCC[SiH](CCCOCC)C(C)(C)C. The molecule has 104 valence electrons. The molecule has 0 saturated carbocycles. The Kier molecular flexibility index (Phi) is 10.2. The molecule has 0 radical (unpaired) electrons. The highest BCUT2D eigenvalue weighted by Gasteiger charge is 2.25. The normalized spacial score (nSPS) is 12.4. The van der Waals surface area contributed by atoms with Gasteiger partial charge in [-0.2, -0.15) is 0 Å². The van der Waals surface area contributed by atoms with Gasteiger partial charge in [-0.25, -0.2) is 0 Å². The summed E-state index contributed by atoms with van der Waals surface area (Å²) in [5.74, 6) is 0. The maximum atomic E-state index is 5.44. The highest BCUT2D eigenvalue weighted by Crippen LogP contribution is 2.33. The number of rotatable bonds is 10. The third-order valence-electron chi connectivity index (χ3n) is 3.32. The van der Waals surface area contributed by atoms with Gasteiger partial charge in [0.25, 0.3) is 0 Å². The van der Waals surface area contributed by atoms with Crippen LogP contribution < -0.4 is 0 Å². The van der Waals surface area contributed by atoms with Crippen LogP contribution in [0.4, 0.5) is 0 Å². The topological polar surface area (TPSA) is 18.5 Å². The fourth-order valence-corrected chi connectivity index (χ4v) is 5.50. The molecule has 2 nitrogen and oxygen atoms in total. The third-order valence-corrected chi connectivity index (χ3v) is 7.98. The van der Waals surface area contributed by atoms with E-state index >= 15 is 0 Å². The first-order chi connectivity index (χ1) is 8.02. The van der Waals surface area contributed by atoms with Crippen molar-refractivity contribution in [1.82, 2.24) is 0 Å². The molecule has 0 unspecified atom stereocenters. The van der Waals surface area contributed by atoms with Crippen LogP contribution in [0.25, 0.3) is 0 Å². The summed E-state index contributed by atoms with van der Waals surface area (Å²) in [6, 6.07) is 2.82. The van der Waals surface area contributed by atoms with E-state index in [2.05, 4.69) is 34.6 Å². The molecule has 0 aliphatic rings. The first-order valence-corrected chi connectivity index (χ1v) is 9.38. The van der Waals surface area contributed by atoms with Gasteiger partial charge in [-0.3, -0.25) is 0 Å². The van der Waals surface area contributed by atoms with E-state index in [9.17, 15) is 0 Å². The van der Waals surface area contributed by atoms with Crippen LogP contribution >= 0.6 is 0 Å². The Morgan fingerprint density at radius 3 is 1.53 bits per heavy atom. The Hall–Kier alpha value is 0.137. The lowest BCUT2D eigenvalue weighted by Crippen LogP contribution is -2.26. The second-order valence-corrected chi connectivity index (χ2v) is 10.0. The van der Waals surface area contributed by atoms with E-state index in [4.69, 9.17) is 9.47 Å². The van der Waals surface area contributed by atoms with Crippen molar-refractivity contribution in [2.24, 2.45) is 0 Å². The molecule has 0 aromatic heterocycles. The van der Waals surface area contributed by atoms with Crippen LogP contribution in [0.3, 0.4) is 0 Å². The molecule has 0 aromatic carbocycles. The van der Waals surface area contributed by atoms with Gasteiger partial charge in [0.1, 0.15) is 0 Å². The summed E-state index contributed by atoms with van der Waals surface area (Å²) in [6.07, 6.45) is 2.49. The summed E-state index contributed by atoms with van der Waals surface area (Å²) in [5, 5.41) is 0.540. The third kappa shape index (κ3) is 9.80. The van der Waals surface area contributed by atoms with Crippen molar-refractivity contribution in [2.75, 3.05) is 26.4 Å². The second-order valence-electron chi connectivity index (χ2n) is 5.74. The predicted molar refractivity (Wildman–Crippen MR) is 78.7 cm³/mol. The van der Waals surface area contributed by atoms with Crippen molar-refractivity contribution in [3.63, 3.8) is 0 Å². The van der Waals surface area contributed by atoms with Crippen molar-refractivity contribution >= 4 is 8.80 Å². The van der Waals surface area contributed by atoms with E-state index in [-0.39, 0.29) is 0 Å². The zero-order chi connectivity index (χ0) is 13.1. The van der Waals surface area contributed by atoms with Crippen molar-refractivity contribution in [3.8, 4) is 0 Å². The van der Waals surface area contributed by atoms with Gasteiger partial charge in [-0.15, -0.1) is 0 Å². The highest BCUT2D eigenvalue weighted by molar-refractivity contribution is 6.62. The van der Waals surface area contributed by atoms with Crippen LogP contribution in [0.15, 0.2) is 0 Å². The van der Waals surface area contributed by atoms with E-state index in [1.165, 1.54) is 24.9 Å². The lowest BCUT2D eigenvalue weighted by molar-refractivity contribution is 0.146. The van der Waals surface area contributed by atoms with Gasteiger partial charge < -0.3 is 9.47 Å². The van der Waals surface area contributed by atoms with Gasteiger partial charge in [-0.05, 0) is 31.7 Å².